The molecule has 0 saturated heterocycles. The van der Waals surface area contributed by atoms with Crippen molar-refractivity contribution in [3.63, 3.8) is 0 Å². The van der Waals surface area contributed by atoms with Crippen molar-refractivity contribution in [1.82, 2.24) is 5.43 Å². The van der Waals surface area contributed by atoms with Crippen molar-refractivity contribution in [1.29, 1.82) is 0 Å². The van der Waals surface area contributed by atoms with Crippen LogP contribution in [0.15, 0.2) is 23.3 Å². The van der Waals surface area contributed by atoms with Crippen LogP contribution in [0.5, 0.6) is 0 Å². The molecule has 0 heterocycles. The van der Waals surface area contributed by atoms with Crippen molar-refractivity contribution in [2.75, 3.05) is 0 Å². The van der Waals surface area contributed by atoms with Gasteiger partial charge in [-0.15, -0.1) is 0 Å². The quantitative estimate of drug-likeness (QED) is 0.504. The second-order valence-corrected chi connectivity index (χ2v) is 4.19. The molecule has 1 aromatic carbocycles. The lowest BCUT2D eigenvalue weighted by Gasteiger charge is -2.06. The second kappa shape index (κ2) is 6.37. The van der Waals surface area contributed by atoms with Gasteiger partial charge in [-0.3, -0.25) is 9.59 Å². The van der Waals surface area contributed by atoms with E-state index in [-0.39, 0.29) is 0 Å². The number of nitrogens with zero attached hydrogens (tertiary/aromatic N) is 1. The van der Waals surface area contributed by atoms with E-state index in [1.54, 1.807) is 18.2 Å². The minimum Gasteiger partial charge on any atom is -0.361 e. The molecule has 0 aliphatic carbocycles. The second-order valence-electron chi connectivity index (χ2n) is 3.34. The Morgan fingerprint density at radius 1 is 1.39 bits per heavy atom. The van der Waals surface area contributed by atoms with Gasteiger partial charge < -0.3 is 5.73 Å². The highest BCUT2D eigenvalue weighted by Gasteiger charge is 2.10. The molecule has 0 spiro atoms. The van der Waals surface area contributed by atoms with E-state index >= 15 is 0 Å². The number of amides is 2. The summed E-state index contributed by atoms with van der Waals surface area (Å²) in [5, 5.41) is 4.73. The van der Waals surface area contributed by atoms with E-state index in [1.165, 1.54) is 0 Å². The van der Waals surface area contributed by atoms with E-state index in [4.69, 9.17) is 28.9 Å². The van der Waals surface area contributed by atoms with Crippen LogP contribution in [0.4, 0.5) is 0 Å². The number of benzene rings is 1. The van der Waals surface area contributed by atoms with Crippen LogP contribution >= 0.6 is 23.2 Å². The number of nitrogens with one attached hydrogen (secondary N) is 1. The maximum atomic E-state index is 11.0. The molecule has 2 amide bonds. The summed E-state index contributed by atoms with van der Waals surface area (Å²) in [6.07, 6.45) is 0.514. The smallest absolute Gasteiger partial charge is 0.329 e. The fourth-order valence-electron chi connectivity index (χ4n) is 1.23. The van der Waals surface area contributed by atoms with Crippen molar-refractivity contribution >= 4 is 40.7 Å². The van der Waals surface area contributed by atoms with Gasteiger partial charge in [0, 0.05) is 10.6 Å². The van der Waals surface area contributed by atoms with Crippen LogP contribution in [-0.2, 0) is 9.59 Å². The maximum absolute atomic E-state index is 11.0. The molecule has 0 aromatic heterocycles. The summed E-state index contributed by atoms with van der Waals surface area (Å²) < 4.78 is 0. The maximum Gasteiger partial charge on any atom is 0.329 e. The molecule has 0 unspecified atom stereocenters. The molecule has 5 nitrogen and oxygen atoms in total. The molecule has 1 rings (SSSR count). The monoisotopic (exact) mass is 287 g/mol. The molecule has 0 atom stereocenters. The molecule has 7 heteroatoms. The molecule has 1 aromatic rings. The Bertz CT molecular complexity index is 515. The molecule has 0 saturated carbocycles. The van der Waals surface area contributed by atoms with Crippen LogP contribution in [0.2, 0.25) is 10.0 Å². The molecule has 0 bridgehead atoms. The number of carbonyl (C=O) groups excluding carboxylic acids is 2. The number of nitrogens with two attached hydrogens (primary N) is 1. The van der Waals surface area contributed by atoms with Gasteiger partial charge in [0.05, 0.1) is 10.7 Å². The summed E-state index contributed by atoms with van der Waals surface area (Å²) in [5.74, 6) is -2.08. The Morgan fingerprint density at radius 2 is 2.06 bits per heavy atom. The Hall–Kier alpha value is -1.59. The predicted molar refractivity (Wildman–Crippen MR) is 70.6 cm³/mol. The normalized spacial score (nSPS) is 11.2. The van der Waals surface area contributed by atoms with Gasteiger partial charge >= 0.3 is 11.8 Å². The molecule has 3 N–H and O–H groups in total. The topological polar surface area (TPSA) is 84.6 Å². The van der Waals surface area contributed by atoms with Crippen molar-refractivity contribution in [2.24, 2.45) is 10.8 Å². The van der Waals surface area contributed by atoms with E-state index in [1.807, 2.05) is 6.92 Å². The van der Waals surface area contributed by atoms with Crippen LogP contribution < -0.4 is 11.2 Å². The standard InChI is InChI=1S/C11H11Cl2N3O2/c1-2-9(15-16-11(18)10(14)17)7-4-3-6(12)5-8(7)13/h3-5H,2H2,1H3,(H2,14,17)(H,16,18). The minimum absolute atomic E-state index is 0.413. The first kappa shape index (κ1) is 14.5. The molecule has 0 aliphatic heterocycles. The predicted octanol–water partition coefficient (Wildman–Crippen LogP) is 1.71. The third kappa shape index (κ3) is 3.72. The third-order valence-corrected chi connectivity index (χ3v) is 2.64. The number of hydrogen-bond donors (Lipinski definition) is 2. The van der Waals surface area contributed by atoms with E-state index in [9.17, 15) is 9.59 Å². The van der Waals surface area contributed by atoms with Gasteiger partial charge in [-0.05, 0) is 18.6 Å². The first-order valence-corrected chi connectivity index (χ1v) is 5.83. The number of hydrogen-bond acceptors (Lipinski definition) is 3. The van der Waals surface area contributed by atoms with Crippen LogP contribution in [0.3, 0.4) is 0 Å². The summed E-state index contributed by atoms with van der Waals surface area (Å²) >= 11 is 11.8. The lowest BCUT2D eigenvalue weighted by atomic mass is 10.1. The Balaban J connectivity index is 2.99. The van der Waals surface area contributed by atoms with E-state index in [0.717, 1.165) is 0 Å². The molecular weight excluding hydrogens is 277 g/mol. The van der Waals surface area contributed by atoms with Gasteiger partial charge in [-0.2, -0.15) is 5.10 Å². The molecule has 96 valence electrons. The fourth-order valence-corrected chi connectivity index (χ4v) is 1.74. The van der Waals surface area contributed by atoms with Gasteiger partial charge in [0.15, 0.2) is 0 Å². The number of rotatable bonds is 3. The average Bonchev–Trinajstić information content (AvgIpc) is 2.31. The Labute approximate surface area is 114 Å². The van der Waals surface area contributed by atoms with Crippen molar-refractivity contribution in [3.05, 3.63) is 33.8 Å². The van der Waals surface area contributed by atoms with Crippen LogP contribution in [-0.4, -0.2) is 17.5 Å². The van der Waals surface area contributed by atoms with Crippen molar-refractivity contribution in [3.8, 4) is 0 Å². The third-order valence-electron chi connectivity index (χ3n) is 2.09. The highest BCUT2D eigenvalue weighted by molar-refractivity contribution is 6.37. The summed E-state index contributed by atoms with van der Waals surface area (Å²) in [7, 11) is 0. The number of primary amides is 1. The summed E-state index contributed by atoms with van der Waals surface area (Å²) in [5.41, 5.74) is 8.00. The average molecular weight is 288 g/mol. The Kier molecular flexibility index (Phi) is 5.12. The first-order valence-electron chi connectivity index (χ1n) is 5.07. The SMILES string of the molecule is CCC(=NNC(=O)C(N)=O)c1ccc(Cl)cc1Cl. The lowest BCUT2D eigenvalue weighted by Crippen LogP contribution is -2.33. The molecule has 0 aliphatic rings. The van der Waals surface area contributed by atoms with Crippen molar-refractivity contribution < 1.29 is 9.59 Å². The van der Waals surface area contributed by atoms with Crippen LogP contribution in [0.1, 0.15) is 18.9 Å². The number of hydrazone groups is 1. The molecule has 0 radical (unpaired) electrons. The number of carbonyl (C=O) groups is 2. The van der Waals surface area contributed by atoms with E-state index in [0.29, 0.717) is 27.7 Å². The highest BCUT2D eigenvalue weighted by Crippen LogP contribution is 2.22. The number of halogens is 2. The summed E-state index contributed by atoms with van der Waals surface area (Å²) in [4.78, 5) is 21.5. The Morgan fingerprint density at radius 3 is 2.56 bits per heavy atom. The van der Waals surface area contributed by atoms with Gasteiger partial charge in [0.25, 0.3) is 0 Å². The summed E-state index contributed by atoms with van der Waals surface area (Å²) in [6.45, 7) is 1.83. The lowest BCUT2D eigenvalue weighted by molar-refractivity contribution is -0.137. The van der Waals surface area contributed by atoms with Crippen molar-refractivity contribution in [2.45, 2.75) is 13.3 Å². The van der Waals surface area contributed by atoms with Crippen LogP contribution in [0, 0.1) is 0 Å². The zero-order valence-corrected chi connectivity index (χ0v) is 11.0. The van der Waals surface area contributed by atoms with E-state index in [2.05, 4.69) is 10.5 Å². The molecule has 18 heavy (non-hydrogen) atoms. The largest absolute Gasteiger partial charge is 0.361 e. The molecule has 0 fully saturated rings. The van der Waals surface area contributed by atoms with Gasteiger partial charge in [-0.1, -0.05) is 36.2 Å². The highest BCUT2D eigenvalue weighted by atomic mass is 35.5. The zero-order valence-electron chi connectivity index (χ0n) is 9.54. The minimum atomic E-state index is -1.10. The van der Waals surface area contributed by atoms with Gasteiger partial charge in [-0.25, -0.2) is 5.43 Å². The summed E-state index contributed by atoms with van der Waals surface area (Å²) in [6, 6.07) is 4.91. The van der Waals surface area contributed by atoms with E-state index < -0.39 is 11.8 Å². The first-order chi connectivity index (χ1) is 8.45. The zero-order chi connectivity index (χ0) is 13.7. The van der Waals surface area contributed by atoms with Gasteiger partial charge in [0.2, 0.25) is 0 Å². The fraction of sp³-hybridized carbons (Fsp3) is 0.182. The van der Waals surface area contributed by atoms with Gasteiger partial charge in [0.1, 0.15) is 0 Å². The van der Waals surface area contributed by atoms with Crippen LogP contribution in [0.25, 0.3) is 0 Å². The molecular formula is C11H11Cl2N3O2.